The SMILES string of the molecule is C=CN(C(=C)NCn1ncc(C(=O)NC2CCC2)c1N=C)C(C)C. The first-order valence-corrected chi connectivity index (χ1v) is 8.15. The Morgan fingerprint density at radius 2 is 2.29 bits per heavy atom. The topological polar surface area (TPSA) is 74.6 Å². The van der Waals surface area contributed by atoms with Gasteiger partial charge in [0, 0.05) is 12.1 Å². The van der Waals surface area contributed by atoms with Gasteiger partial charge in [0.15, 0.2) is 5.82 Å². The van der Waals surface area contributed by atoms with Gasteiger partial charge in [-0.05, 0) is 46.0 Å². The lowest BCUT2D eigenvalue weighted by molar-refractivity contribution is 0.0917. The Bertz CT molecular complexity index is 629. The Hall–Kier alpha value is -2.57. The van der Waals surface area contributed by atoms with Crippen molar-refractivity contribution in [3.8, 4) is 0 Å². The van der Waals surface area contributed by atoms with Crippen molar-refractivity contribution >= 4 is 18.4 Å². The molecule has 0 aliphatic heterocycles. The zero-order chi connectivity index (χ0) is 17.7. The van der Waals surface area contributed by atoms with E-state index in [4.69, 9.17) is 0 Å². The molecule has 7 heteroatoms. The minimum absolute atomic E-state index is 0.151. The van der Waals surface area contributed by atoms with Crippen LogP contribution in [0.3, 0.4) is 0 Å². The van der Waals surface area contributed by atoms with Crippen molar-refractivity contribution in [1.82, 2.24) is 25.3 Å². The standard InChI is InChI=1S/C17H26N6O/c1-6-22(12(2)3)13(4)19-11-23-16(18-5)15(10-20-23)17(24)21-14-8-7-9-14/h6,10,12,14,19H,1,4-5,7-9,11H2,2-3H3,(H,21,24). The molecule has 0 aromatic carbocycles. The third kappa shape index (κ3) is 3.84. The summed E-state index contributed by atoms with van der Waals surface area (Å²) >= 11 is 0. The molecule has 1 fully saturated rings. The van der Waals surface area contributed by atoms with Crippen molar-refractivity contribution < 1.29 is 4.79 Å². The van der Waals surface area contributed by atoms with Crippen LogP contribution in [0.5, 0.6) is 0 Å². The van der Waals surface area contributed by atoms with E-state index >= 15 is 0 Å². The van der Waals surface area contributed by atoms with Crippen LogP contribution >= 0.6 is 0 Å². The van der Waals surface area contributed by atoms with Gasteiger partial charge in [0.05, 0.1) is 12.0 Å². The molecule has 7 nitrogen and oxygen atoms in total. The summed E-state index contributed by atoms with van der Waals surface area (Å²) in [6, 6.07) is 0.504. The fraction of sp³-hybridized carbons (Fsp3) is 0.471. The molecule has 0 unspecified atom stereocenters. The van der Waals surface area contributed by atoms with E-state index < -0.39 is 0 Å². The zero-order valence-electron chi connectivity index (χ0n) is 14.5. The summed E-state index contributed by atoms with van der Waals surface area (Å²) in [5, 5.41) is 10.4. The van der Waals surface area contributed by atoms with Crippen molar-refractivity contribution in [2.45, 2.75) is 51.9 Å². The van der Waals surface area contributed by atoms with E-state index in [2.05, 4.69) is 40.6 Å². The van der Waals surface area contributed by atoms with E-state index in [0.29, 0.717) is 23.9 Å². The van der Waals surface area contributed by atoms with Crippen LogP contribution in [0.4, 0.5) is 5.82 Å². The number of rotatable bonds is 9. The quantitative estimate of drug-likeness (QED) is 0.682. The lowest BCUT2D eigenvalue weighted by Crippen LogP contribution is -2.39. The molecule has 0 radical (unpaired) electrons. The van der Waals surface area contributed by atoms with E-state index in [1.807, 2.05) is 18.7 Å². The average Bonchev–Trinajstić information content (AvgIpc) is 2.91. The summed E-state index contributed by atoms with van der Waals surface area (Å²) in [5.41, 5.74) is 0.439. The van der Waals surface area contributed by atoms with Crippen LogP contribution in [0, 0.1) is 0 Å². The molecule has 0 spiro atoms. The number of carbonyl (C=O) groups is 1. The molecule has 1 aromatic rings. The first-order chi connectivity index (χ1) is 11.5. The van der Waals surface area contributed by atoms with E-state index in [9.17, 15) is 4.79 Å². The summed E-state index contributed by atoms with van der Waals surface area (Å²) < 4.78 is 1.59. The van der Waals surface area contributed by atoms with Crippen LogP contribution in [0.1, 0.15) is 43.5 Å². The highest BCUT2D eigenvalue weighted by Gasteiger charge is 2.23. The second kappa shape index (κ2) is 7.81. The first-order valence-electron chi connectivity index (χ1n) is 8.15. The fourth-order valence-electron chi connectivity index (χ4n) is 2.53. The average molecular weight is 330 g/mol. The van der Waals surface area contributed by atoms with Gasteiger partial charge in [-0.15, -0.1) is 0 Å². The van der Waals surface area contributed by atoms with Crippen LogP contribution < -0.4 is 10.6 Å². The lowest BCUT2D eigenvalue weighted by Gasteiger charge is -2.27. The van der Waals surface area contributed by atoms with Crippen LogP contribution in [0.15, 0.2) is 36.4 Å². The predicted molar refractivity (Wildman–Crippen MR) is 96.0 cm³/mol. The lowest BCUT2D eigenvalue weighted by atomic mass is 9.93. The second-order valence-electron chi connectivity index (χ2n) is 6.11. The Morgan fingerprint density at radius 3 is 2.79 bits per heavy atom. The van der Waals surface area contributed by atoms with Gasteiger partial charge in [-0.2, -0.15) is 5.10 Å². The molecular weight excluding hydrogens is 304 g/mol. The van der Waals surface area contributed by atoms with Gasteiger partial charge in [0.25, 0.3) is 5.91 Å². The Morgan fingerprint density at radius 1 is 1.58 bits per heavy atom. The minimum atomic E-state index is -0.151. The molecule has 0 bridgehead atoms. The Kier molecular flexibility index (Phi) is 5.78. The number of aromatic nitrogens is 2. The number of aliphatic imine (C=N–C) groups is 1. The van der Waals surface area contributed by atoms with E-state index in [1.54, 1.807) is 10.9 Å². The molecule has 1 aliphatic rings. The highest BCUT2D eigenvalue weighted by atomic mass is 16.1. The molecule has 1 aromatic heterocycles. The molecule has 24 heavy (non-hydrogen) atoms. The van der Waals surface area contributed by atoms with Gasteiger partial charge in [0.1, 0.15) is 12.2 Å². The molecule has 0 saturated heterocycles. The Balaban J connectivity index is 2.03. The maximum absolute atomic E-state index is 12.3. The molecule has 1 heterocycles. The number of hydrogen-bond donors (Lipinski definition) is 2. The largest absolute Gasteiger partial charge is 0.353 e. The van der Waals surface area contributed by atoms with Crippen molar-refractivity contribution in [3.05, 3.63) is 36.9 Å². The minimum Gasteiger partial charge on any atom is -0.353 e. The van der Waals surface area contributed by atoms with Crippen molar-refractivity contribution in [2.24, 2.45) is 4.99 Å². The molecule has 2 N–H and O–H groups in total. The van der Waals surface area contributed by atoms with Crippen LogP contribution in [-0.4, -0.2) is 39.4 Å². The number of nitrogens with one attached hydrogen (secondary N) is 2. The van der Waals surface area contributed by atoms with Gasteiger partial charge >= 0.3 is 0 Å². The number of nitrogens with zero attached hydrogens (tertiary/aromatic N) is 4. The van der Waals surface area contributed by atoms with E-state index in [1.165, 1.54) is 12.6 Å². The van der Waals surface area contributed by atoms with Crippen LogP contribution in [0.2, 0.25) is 0 Å². The third-order valence-electron chi connectivity index (χ3n) is 4.14. The first kappa shape index (κ1) is 17.8. The monoisotopic (exact) mass is 330 g/mol. The highest BCUT2D eigenvalue weighted by Crippen LogP contribution is 2.22. The molecule has 2 rings (SSSR count). The zero-order valence-corrected chi connectivity index (χ0v) is 14.5. The van der Waals surface area contributed by atoms with Gasteiger partial charge in [-0.3, -0.25) is 4.79 Å². The molecular formula is C17H26N6O. The molecule has 1 amide bonds. The molecule has 130 valence electrons. The van der Waals surface area contributed by atoms with Crippen molar-refractivity contribution in [3.63, 3.8) is 0 Å². The number of amides is 1. The maximum atomic E-state index is 12.3. The maximum Gasteiger partial charge on any atom is 0.256 e. The van der Waals surface area contributed by atoms with E-state index in [0.717, 1.165) is 12.8 Å². The highest BCUT2D eigenvalue weighted by molar-refractivity contribution is 5.98. The molecule has 1 aliphatic carbocycles. The van der Waals surface area contributed by atoms with Gasteiger partial charge < -0.3 is 15.5 Å². The van der Waals surface area contributed by atoms with Crippen molar-refractivity contribution in [1.29, 1.82) is 0 Å². The summed E-state index contributed by atoms with van der Waals surface area (Å²) in [6.07, 6.45) is 6.47. The van der Waals surface area contributed by atoms with E-state index in [-0.39, 0.29) is 18.0 Å². The van der Waals surface area contributed by atoms with Gasteiger partial charge in [0.2, 0.25) is 0 Å². The fourth-order valence-corrected chi connectivity index (χ4v) is 2.53. The summed E-state index contributed by atoms with van der Waals surface area (Å²) in [5.74, 6) is 0.995. The predicted octanol–water partition coefficient (Wildman–Crippen LogP) is 2.37. The summed E-state index contributed by atoms with van der Waals surface area (Å²) in [4.78, 5) is 18.2. The van der Waals surface area contributed by atoms with Crippen LogP contribution in [0.25, 0.3) is 0 Å². The molecule has 0 atom stereocenters. The number of carbonyl (C=O) groups excluding carboxylic acids is 1. The summed E-state index contributed by atoms with van der Waals surface area (Å²) in [6.45, 7) is 15.8. The van der Waals surface area contributed by atoms with Gasteiger partial charge in [-0.25, -0.2) is 9.67 Å². The number of hydrogen-bond acceptors (Lipinski definition) is 5. The normalized spacial score (nSPS) is 14.0. The summed E-state index contributed by atoms with van der Waals surface area (Å²) in [7, 11) is 0. The molecule has 1 saturated carbocycles. The smallest absolute Gasteiger partial charge is 0.256 e. The van der Waals surface area contributed by atoms with Crippen molar-refractivity contribution in [2.75, 3.05) is 0 Å². The second-order valence-corrected chi connectivity index (χ2v) is 6.11. The Labute approximate surface area is 143 Å². The van der Waals surface area contributed by atoms with Crippen LogP contribution in [-0.2, 0) is 6.67 Å². The van der Waals surface area contributed by atoms with Gasteiger partial charge in [-0.1, -0.05) is 13.2 Å². The third-order valence-corrected chi connectivity index (χ3v) is 4.14.